The highest BCUT2D eigenvalue weighted by molar-refractivity contribution is 6.08. The number of amides is 2. The second kappa shape index (κ2) is 10.2. The van der Waals surface area contributed by atoms with Crippen LogP contribution in [0.5, 0.6) is 0 Å². The summed E-state index contributed by atoms with van der Waals surface area (Å²) in [5.74, 6) is -0.547. The smallest absolute Gasteiger partial charge is 0.273 e. The molecule has 3 aromatic rings. The molecule has 0 saturated carbocycles. The molecule has 9 heteroatoms. The van der Waals surface area contributed by atoms with Crippen molar-refractivity contribution in [3.05, 3.63) is 54.1 Å². The topological polar surface area (TPSA) is 103 Å². The molecule has 1 aromatic carbocycles. The summed E-state index contributed by atoms with van der Waals surface area (Å²) in [7, 11) is 0. The maximum Gasteiger partial charge on any atom is 0.273 e. The van der Waals surface area contributed by atoms with Crippen molar-refractivity contribution in [2.75, 3.05) is 25.1 Å². The third-order valence-electron chi connectivity index (χ3n) is 6.45. The summed E-state index contributed by atoms with van der Waals surface area (Å²) in [6, 6.07) is 7.59. The number of aromatic nitrogens is 4. The molecule has 0 radical (unpaired) electrons. The first kappa shape index (κ1) is 22.3. The van der Waals surface area contributed by atoms with Crippen LogP contribution in [0.2, 0.25) is 0 Å². The van der Waals surface area contributed by atoms with Gasteiger partial charge < -0.3 is 15.4 Å². The van der Waals surface area contributed by atoms with Crippen LogP contribution >= 0.6 is 0 Å². The minimum absolute atomic E-state index is 0.146. The summed E-state index contributed by atoms with van der Waals surface area (Å²) in [5, 5.41) is 15.0. The van der Waals surface area contributed by atoms with Gasteiger partial charge in [0.2, 0.25) is 0 Å². The molecule has 178 valence electrons. The summed E-state index contributed by atoms with van der Waals surface area (Å²) >= 11 is 0. The fourth-order valence-electron chi connectivity index (χ4n) is 4.49. The Morgan fingerprint density at radius 2 is 1.76 bits per heavy atom. The molecule has 34 heavy (non-hydrogen) atoms. The number of ether oxygens (including phenoxy) is 1. The molecule has 2 aliphatic heterocycles. The zero-order valence-corrected chi connectivity index (χ0v) is 19.2. The van der Waals surface area contributed by atoms with E-state index >= 15 is 0 Å². The molecule has 2 amide bonds. The predicted molar refractivity (Wildman–Crippen MR) is 128 cm³/mol. The first-order valence-corrected chi connectivity index (χ1v) is 12.1. The third kappa shape index (κ3) is 5.04. The molecule has 1 saturated heterocycles. The Morgan fingerprint density at radius 3 is 2.65 bits per heavy atom. The highest BCUT2D eigenvalue weighted by Crippen LogP contribution is 2.25. The molecule has 9 nitrogen and oxygen atoms in total. The van der Waals surface area contributed by atoms with Gasteiger partial charge in [0.15, 0.2) is 5.69 Å². The highest BCUT2D eigenvalue weighted by Gasteiger charge is 2.24. The van der Waals surface area contributed by atoms with Crippen LogP contribution < -0.4 is 10.6 Å². The maximum absolute atomic E-state index is 13.2. The van der Waals surface area contributed by atoms with Crippen molar-refractivity contribution < 1.29 is 14.3 Å². The van der Waals surface area contributed by atoms with E-state index in [1.807, 2.05) is 35.3 Å². The molecular formula is C25H30N6O3. The number of aryl methyl sites for hydroxylation is 1. The van der Waals surface area contributed by atoms with Crippen LogP contribution in [-0.2, 0) is 11.3 Å². The number of benzene rings is 1. The molecule has 4 heterocycles. The Hall–Kier alpha value is -3.46. The first-order chi connectivity index (χ1) is 16.7. The van der Waals surface area contributed by atoms with Crippen LogP contribution in [0.3, 0.4) is 0 Å². The van der Waals surface area contributed by atoms with Crippen LogP contribution in [0.15, 0.2) is 42.9 Å². The van der Waals surface area contributed by atoms with Crippen molar-refractivity contribution in [1.29, 1.82) is 0 Å². The van der Waals surface area contributed by atoms with E-state index < -0.39 is 0 Å². The Kier molecular flexibility index (Phi) is 6.71. The largest absolute Gasteiger partial charge is 0.381 e. The van der Waals surface area contributed by atoms with Gasteiger partial charge in [-0.2, -0.15) is 10.2 Å². The molecule has 2 N–H and O–H groups in total. The molecule has 2 aliphatic rings. The van der Waals surface area contributed by atoms with Gasteiger partial charge in [0, 0.05) is 49.8 Å². The molecule has 5 rings (SSSR count). The zero-order valence-electron chi connectivity index (χ0n) is 19.2. The van der Waals surface area contributed by atoms with Crippen LogP contribution in [0.1, 0.15) is 65.4 Å². The monoisotopic (exact) mass is 462 g/mol. The SMILES string of the molecule is O=C1Nc2cn(C3CCOCC3)nc2C(=O)NCCCCCCn2cc(cn2)-c2cccc1c2. The number of carbonyl (C=O) groups excluding carboxylic acids is 2. The summed E-state index contributed by atoms with van der Waals surface area (Å²) in [4.78, 5) is 26.1. The lowest BCUT2D eigenvalue weighted by Crippen LogP contribution is -2.27. The second-order valence-electron chi connectivity index (χ2n) is 8.91. The molecule has 4 bridgehead atoms. The second-order valence-corrected chi connectivity index (χ2v) is 8.91. The fraction of sp³-hybridized carbons (Fsp3) is 0.440. The predicted octanol–water partition coefficient (Wildman–Crippen LogP) is 3.65. The van der Waals surface area contributed by atoms with Crippen molar-refractivity contribution in [2.45, 2.75) is 51.1 Å². The lowest BCUT2D eigenvalue weighted by Gasteiger charge is -2.22. The van der Waals surface area contributed by atoms with E-state index in [4.69, 9.17) is 4.74 Å². The van der Waals surface area contributed by atoms with Gasteiger partial charge in [-0.15, -0.1) is 0 Å². The van der Waals surface area contributed by atoms with Crippen molar-refractivity contribution in [3.63, 3.8) is 0 Å². The van der Waals surface area contributed by atoms with Crippen molar-refractivity contribution in [2.24, 2.45) is 0 Å². The van der Waals surface area contributed by atoms with Gasteiger partial charge in [0.05, 0.1) is 17.9 Å². The molecule has 2 aromatic heterocycles. The lowest BCUT2D eigenvalue weighted by molar-refractivity contribution is 0.0660. The standard InChI is InChI=1S/C25H30N6O3/c32-24-19-7-5-6-18(14-19)20-15-27-30(16-20)11-4-2-1-3-10-26-25(33)23-22(28-24)17-31(29-23)21-8-12-34-13-9-21/h5-7,14-17,21H,1-4,8-13H2,(H,26,33)(H,28,32). The maximum atomic E-state index is 13.2. The minimum Gasteiger partial charge on any atom is -0.381 e. The van der Waals surface area contributed by atoms with E-state index in [9.17, 15) is 9.59 Å². The fourth-order valence-corrected chi connectivity index (χ4v) is 4.49. The Balaban J connectivity index is 1.46. The van der Waals surface area contributed by atoms with Gasteiger partial charge in [-0.05, 0) is 43.4 Å². The summed E-state index contributed by atoms with van der Waals surface area (Å²) in [5.41, 5.74) is 3.09. The third-order valence-corrected chi connectivity index (χ3v) is 6.45. The molecule has 0 atom stereocenters. The minimum atomic E-state index is -0.282. The van der Waals surface area contributed by atoms with Gasteiger partial charge in [-0.25, -0.2) is 0 Å². The summed E-state index contributed by atoms with van der Waals surface area (Å²) in [6.07, 6.45) is 11.3. The average Bonchev–Trinajstić information content (AvgIpc) is 3.51. The number of nitrogens with zero attached hydrogens (tertiary/aromatic N) is 4. The number of carbonyl (C=O) groups is 2. The van der Waals surface area contributed by atoms with E-state index in [1.54, 1.807) is 16.9 Å². The average molecular weight is 463 g/mol. The number of fused-ring (bicyclic) bond motifs is 6. The van der Waals surface area contributed by atoms with Crippen molar-refractivity contribution in [3.8, 4) is 11.1 Å². The van der Waals surface area contributed by atoms with Crippen molar-refractivity contribution in [1.82, 2.24) is 24.9 Å². The number of anilines is 1. The van der Waals surface area contributed by atoms with Crippen LogP contribution in [-0.4, -0.2) is 51.1 Å². The van der Waals surface area contributed by atoms with Crippen LogP contribution in [0.25, 0.3) is 11.1 Å². The number of hydrogen-bond donors (Lipinski definition) is 2. The summed E-state index contributed by atoms with van der Waals surface area (Å²) < 4.78 is 9.22. The number of hydrogen-bond acceptors (Lipinski definition) is 5. The molecule has 0 spiro atoms. The molecular weight excluding hydrogens is 432 g/mol. The molecule has 0 aliphatic carbocycles. The van der Waals surface area contributed by atoms with Crippen LogP contribution in [0.4, 0.5) is 5.69 Å². The van der Waals surface area contributed by atoms with E-state index in [1.165, 1.54) is 0 Å². The van der Waals surface area contributed by atoms with E-state index in [0.717, 1.165) is 56.2 Å². The quantitative estimate of drug-likeness (QED) is 0.575. The van der Waals surface area contributed by atoms with Gasteiger partial charge in [-0.1, -0.05) is 25.0 Å². The van der Waals surface area contributed by atoms with Gasteiger partial charge in [0.25, 0.3) is 11.8 Å². The van der Waals surface area contributed by atoms with Gasteiger partial charge in [0.1, 0.15) is 0 Å². The van der Waals surface area contributed by atoms with Gasteiger partial charge in [-0.3, -0.25) is 19.0 Å². The first-order valence-electron chi connectivity index (χ1n) is 12.1. The highest BCUT2D eigenvalue weighted by atomic mass is 16.5. The normalized spacial score (nSPS) is 18.4. The molecule has 1 fully saturated rings. The zero-order chi connectivity index (χ0) is 23.3. The Morgan fingerprint density at radius 1 is 0.941 bits per heavy atom. The van der Waals surface area contributed by atoms with E-state index in [-0.39, 0.29) is 23.6 Å². The molecule has 0 unspecified atom stereocenters. The van der Waals surface area contributed by atoms with Crippen LogP contribution in [0, 0.1) is 0 Å². The Bertz CT molecular complexity index is 1160. The number of nitrogens with one attached hydrogen (secondary N) is 2. The number of rotatable bonds is 1. The summed E-state index contributed by atoms with van der Waals surface area (Å²) in [6.45, 7) is 2.75. The van der Waals surface area contributed by atoms with Crippen molar-refractivity contribution >= 4 is 17.5 Å². The van der Waals surface area contributed by atoms with E-state index in [0.29, 0.717) is 31.0 Å². The van der Waals surface area contributed by atoms with Gasteiger partial charge >= 0.3 is 0 Å². The Labute approximate surface area is 198 Å². The van der Waals surface area contributed by atoms with E-state index in [2.05, 4.69) is 20.8 Å². The lowest BCUT2D eigenvalue weighted by atomic mass is 10.1.